The van der Waals surface area contributed by atoms with Crippen LogP contribution >= 0.6 is 0 Å². The smallest absolute Gasteiger partial charge is 0.0831 e. The van der Waals surface area contributed by atoms with Crippen LogP contribution in [0.25, 0.3) is 10.9 Å². The monoisotopic (exact) mass is 285 g/mol. The standard InChI is InChI=1S/C15H15N3OS/c1-18-15-8-3-2-7-13(15)14(17-18)10-20(19)12-6-4-5-11(16)9-12/h2-9H,10,16H2,1H3. The van der Waals surface area contributed by atoms with Crippen LogP contribution in [0.2, 0.25) is 0 Å². The van der Waals surface area contributed by atoms with Gasteiger partial charge in [0.25, 0.3) is 0 Å². The fraction of sp³-hybridized carbons (Fsp3) is 0.133. The van der Waals surface area contributed by atoms with Crippen LogP contribution in [-0.2, 0) is 23.6 Å². The highest BCUT2D eigenvalue weighted by molar-refractivity contribution is 7.84. The normalized spacial score (nSPS) is 12.7. The molecule has 2 aromatic carbocycles. The number of nitrogen functional groups attached to an aromatic ring is 1. The summed E-state index contributed by atoms with van der Waals surface area (Å²) in [5.74, 6) is 0.394. The molecule has 4 nitrogen and oxygen atoms in total. The minimum absolute atomic E-state index is 0.394. The van der Waals surface area contributed by atoms with E-state index in [0.717, 1.165) is 21.5 Å². The van der Waals surface area contributed by atoms with Crippen LogP contribution in [0.1, 0.15) is 5.69 Å². The van der Waals surface area contributed by atoms with E-state index in [1.54, 1.807) is 12.1 Å². The second kappa shape index (κ2) is 5.09. The number of aryl methyl sites for hydroxylation is 1. The predicted molar refractivity (Wildman–Crippen MR) is 81.7 cm³/mol. The molecule has 0 saturated heterocycles. The number of benzene rings is 2. The van der Waals surface area contributed by atoms with E-state index in [1.165, 1.54) is 0 Å². The van der Waals surface area contributed by atoms with Crippen molar-refractivity contribution in [2.45, 2.75) is 10.6 Å². The largest absolute Gasteiger partial charge is 0.399 e. The van der Waals surface area contributed by atoms with Gasteiger partial charge in [-0.2, -0.15) is 5.10 Å². The van der Waals surface area contributed by atoms with E-state index in [0.29, 0.717) is 11.4 Å². The molecule has 1 unspecified atom stereocenters. The maximum atomic E-state index is 12.4. The highest BCUT2D eigenvalue weighted by atomic mass is 32.2. The number of hydrogen-bond donors (Lipinski definition) is 1. The third kappa shape index (κ3) is 2.32. The first kappa shape index (κ1) is 12.9. The number of fused-ring (bicyclic) bond motifs is 1. The average Bonchev–Trinajstić information content (AvgIpc) is 2.76. The zero-order chi connectivity index (χ0) is 14.1. The average molecular weight is 285 g/mol. The Morgan fingerprint density at radius 3 is 2.80 bits per heavy atom. The van der Waals surface area contributed by atoms with Gasteiger partial charge in [-0.25, -0.2) is 0 Å². The predicted octanol–water partition coefficient (Wildman–Crippen LogP) is 2.46. The maximum Gasteiger partial charge on any atom is 0.0831 e. The quantitative estimate of drug-likeness (QED) is 0.752. The molecule has 0 fully saturated rings. The number of aromatic nitrogens is 2. The molecule has 0 bridgehead atoms. The SMILES string of the molecule is Cn1nc(CS(=O)c2cccc(N)c2)c2ccccc21. The molecule has 0 amide bonds. The van der Waals surface area contributed by atoms with Gasteiger partial charge in [-0.15, -0.1) is 0 Å². The molecule has 0 aliphatic heterocycles. The Morgan fingerprint density at radius 1 is 1.20 bits per heavy atom. The summed E-state index contributed by atoms with van der Waals surface area (Å²) in [5, 5.41) is 5.52. The van der Waals surface area contributed by atoms with E-state index < -0.39 is 10.8 Å². The van der Waals surface area contributed by atoms with Crippen LogP contribution in [-0.4, -0.2) is 14.0 Å². The third-order valence-electron chi connectivity index (χ3n) is 3.22. The Balaban J connectivity index is 1.95. The van der Waals surface area contributed by atoms with E-state index in [9.17, 15) is 4.21 Å². The molecule has 20 heavy (non-hydrogen) atoms. The van der Waals surface area contributed by atoms with Crippen LogP contribution in [0.4, 0.5) is 5.69 Å². The fourth-order valence-corrected chi connectivity index (χ4v) is 3.39. The van der Waals surface area contributed by atoms with Crippen molar-refractivity contribution in [3.8, 4) is 0 Å². The van der Waals surface area contributed by atoms with Crippen molar-refractivity contribution in [2.75, 3.05) is 5.73 Å². The highest BCUT2D eigenvalue weighted by Gasteiger charge is 2.12. The van der Waals surface area contributed by atoms with Gasteiger partial charge in [0.05, 0.1) is 27.8 Å². The van der Waals surface area contributed by atoms with Gasteiger partial charge >= 0.3 is 0 Å². The Kier molecular flexibility index (Phi) is 3.28. The lowest BCUT2D eigenvalue weighted by Gasteiger charge is -2.02. The first-order valence-electron chi connectivity index (χ1n) is 6.29. The van der Waals surface area contributed by atoms with Crippen LogP contribution in [0, 0.1) is 0 Å². The molecule has 102 valence electrons. The number of para-hydroxylation sites is 1. The number of anilines is 1. The van der Waals surface area contributed by atoms with Gasteiger partial charge in [0.1, 0.15) is 0 Å². The van der Waals surface area contributed by atoms with Crippen LogP contribution in [0.3, 0.4) is 0 Å². The van der Waals surface area contributed by atoms with E-state index >= 15 is 0 Å². The minimum Gasteiger partial charge on any atom is -0.399 e. The fourth-order valence-electron chi connectivity index (χ4n) is 2.26. The van der Waals surface area contributed by atoms with Crippen molar-refractivity contribution >= 4 is 27.4 Å². The van der Waals surface area contributed by atoms with Gasteiger partial charge < -0.3 is 5.73 Å². The molecule has 0 aliphatic rings. The van der Waals surface area contributed by atoms with Crippen molar-refractivity contribution in [1.29, 1.82) is 0 Å². The molecule has 0 radical (unpaired) electrons. The van der Waals surface area contributed by atoms with Gasteiger partial charge in [-0.05, 0) is 24.3 Å². The summed E-state index contributed by atoms with van der Waals surface area (Å²) >= 11 is 0. The Labute approximate surface area is 119 Å². The van der Waals surface area contributed by atoms with Crippen molar-refractivity contribution in [3.05, 3.63) is 54.2 Å². The lowest BCUT2D eigenvalue weighted by Crippen LogP contribution is -1.99. The first-order chi connectivity index (χ1) is 9.65. The summed E-state index contributed by atoms with van der Waals surface area (Å²) in [4.78, 5) is 0.736. The second-order valence-electron chi connectivity index (χ2n) is 4.65. The summed E-state index contributed by atoms with van der Waals surface area (Å²) in [7, 11) is 0.755. The molecule has 3 rings (SSSR count). The molecule has 1 atom stereocenters. The van der Waals surface area contributed by atoms with E-state index in [2.05, 4.69) is 5.10 Å². The van der Waals surface area contributed by atoms with E-state index in [-0.39, 0.29) is 0 Å². The Hall–Kier alpha value is -2.14. The molecular weight excluding hydrogens is 270 g/mol. The van der Waals surface area contributed by atoms with Gasteiger partial charge in [0.15, 0.2) is 0 Å². The summed E-state index contributed by atoms with van der Waals surface area (Å²) in [6, 6.07) is 15.2. The summed E-state index contributed by atoms with van der Waals surface area (Å²) < 4.78 is 14.2. The third-order valence-corrected chi connectivity index (χ3v) is 4.54. The number of rotatable bonds is 3. The van der Waals surface area contributed by atoms with Crippen LogP contribution in [0.5, 0.6) is 0 Å². The first-order valence-corrected chi connectivity index (χ1v) is 7.61. The summed E-state index contributed by atoms with van der Waals surface area (Å²) in [6.07, 6.45) is 0. The van der Waals surface area contributed by atoms with Gasteiger partial charge in [0, 0.05) is 23.0 Å². The molecule has 0 saturated carbocycles. The maximum absolute atomic E-state index is 12.4. The highest BCUT2D eigenvalue weighted by Crippen LogP contribution is 2.21. The van der Waals surface area contributed by atoms with Gasteiger partial charge in [-0.1, -0.05) is 24.3 Å². The molecule has 2 N–H and O–H groups in total. The lowest BCUT2D eigenvalue weighted by atomic mass is 10.2. The molecular formula is C15H15N3OS. The van der Waals surface area contributed by atoms with E-state index in [4.69, 9.17) is 5.73 Å². The molecule has 1 aromatic heterocycles. The van der Waals surface area contributed by atoms with Crippen molar-refractivity contribution in [1.82, 2.24) is 9.78 Å². The van der Waals surface area contributed by atoms with Crippen LogP contribution in [0.15, 0.2) is 53.4 Å². The molecule has 3 aromatic rings. The summed E-state index contributed by atoms with van der Waals surface area (Å²) in [5.41, 5.74) is 8.26. The topological polar surface area (TPSA) is 60.9 Å². The van der Waals surface area contributed by atoms with E-state index in [1.807, 2.05) is 48.1 Å². The number of nitrogens with two attached hydrogens (primary N) is 1. The van der Waals surface area contributed by atoms with Gasteiger partial charge in [-0.3, -0.25) is 8.89 Å². The minimum atomic E-state index is -1.14. The molecule has 0 aliphatic carbocycles. The Morgan fingerprint density at radius 2 is 2.00 bits per heavy atom. The Bertz CT molecular complexity index is 795. The lowest BCUT2D eigenvalue weighted by molar-refractivity contribution is 0.681. The zero-order valence-electron chi connectivity index (χ0n) is 11.1. The van der Waals surface area contributed by atoms with Crippen molar-refractivity contribution < 1.29 is 4.21 Å². The molecule has 5 heteroatoms. The number of hydrogen-bond acceptors (Lipinski definition) is 3. The second-order valence-corrected chi connectivity index (χ2v) is 6.10. The summed E-state index contributed by atoms with van der Waals surface area (Å²) in [6.45, 7) is 0. The molecule has 1 heterocycles. The van der Waals surface area contributed by atoms with Crippen molar-refractivity contribution in [3.63, 3.8) is 0 Å². The van der Waals surface area contributed by atoms with Gasteiger partial charge in [0.2, 0.25) is 0 Å². The zero-order valence-corrected chi connectivity index (χ0v) is 11.9. The number of nitrogens with zero attached hydrogens (tertiary/aromatic N) is 2. The van der Waals surface area contributed by atoms with Crippen molar-refractivity contribution in [2.24, 2.45) is 7.05 Å². The van der Waals surface area contributed by atoms with Crippen LogP contribution < -0.4 is 5.73 Å². The molecule has 0 spiro atoms.